The van der Waals surface area contributed by atoms with Crippen molar-refractivity contribution < 1.29 is 0 Å². The van der Waals surface area contributed by atoms with Crippen LogP contribution in [0.4, 0.5) is 5.69 Å². The van der Waals surface area contributed by atoms with Crippen LogP contribution < -0.4 is 10.2 Å². The summed E-state index contributed by atoms with van der Waals surface area (Å²) in [7, 11) is 0. The lowest BCUT2D eigenvalue weighted by atomic mass is 9.99. The van der Waals surface area contributed by atoms with Crippen LogP contribution in [-0.2, 0) is 6.42 Å². The first-order valence-electron chi connectivity index (χ1n) is 7.67. The van der Waals surface area contributed by atoms with E-state index in [0.717, 1.165) is 26.1 Å². The third-order valence-electron chi connectivity index (χ3n) is 4.15. The number of rotatable bonds is 5. The number of aryl methyl sites for hydroxylation is 1. The molecule has 0 bridgehead atoms. The predicted molar refractivity (Wildman–Crippen MR) is 83.9 cm³/mol. The van der Waals surface area contributed by atoms with E-state index in [1.165, 1.54) is 30.5 Å². The van der Waals surface area contributed by atoms with Gasteiger partial charge in [0, 0.05) is 18.8 Å². The largest absolute Gasteiger partial charge is 0.371 e. The van der Waals surface area contributed by atoms with E-state index in [1.807, 2.05) is 6.92 Å². The molecule has 0 aromatic heterocycles. The van der Waals surface area contributed by atoms with E-state index in [2.05, 4.69) is 47.5 Å². The average Bonchev–Trinajstić information content (AvgIpc) is 2.68. The number of fused-ring (bicyclic) bond motifs is 1. The summed E-state index contributed by atoms with van der Waals surface area (Å²) in [6.45, 7) is 6.93. The Hall–Kier alpha value is -1.53. The van der Waals surface area contributed by atoms with Crippen LogP contribution in [0.5, 0.6) is 0 Å². The van der Waals surface area contributed by atoms with Crippen LogP contribution in [0.2, 0.25) is 0 Å². The average molecular weight is 271 g/mol. The van der Waals surface area contributed by atoms with Gasteiger partial charge in [0.05, 0.1) is 6.07 Å². The standard InChI is InChI=1S/C17H25N3/c1-3-19-17(2,14-18)11-13-20-12-7-6-9-15-8-4-5-10-16(15)20/h4-5,8,10,19H,3,6-7,9,11-13H2,1-2H3. The summed E-state index contributed by atoms with van der Waals surface area (Å²) >= 11 is 0. The van der Waals surface area contributed by atoms with Gasteiger partial charge in [0.25, 0.3) is 0 Å². The SMILES string of the molecule is CCNC(C)(C#N)CCN1CCCCc2ccccc21. The van der Waals surface area contributed by atoms with Gasteiger partial charge < -0.3 is 4.90 Å². The maximum Gasteiger partial charge on any atom is 0.105 e. The maximum atomic E-state index is 9.37. The summed E-state index contributed by atoms with van der Waals surface area (Å²) in [6.07, 6.45) is 4.52. The number of anilines is 1. The van der Waals surface area contributed by atoms with E-state index >= 15 is 0 Å². The van der Waals surface area contributed by atoms with Gasteiger partial charge in [-0.2, -0.15) is 5.26 Å². The lowest BCUT2D eigenvalue weighted by molar-refractivity contribution is 0.428. The zero-order chi connectivity index (χ0) is 14.4. The van der Waals surface area contributed by atoms with Crippen LogP contribution in [0.25, 0.3) is 0 Å². The number of nitrogens with one attached hydrogen (secondary N) is 1. The van der Waals surface area contributed by atoms with Gasteiger partial charge in [-0.15, -0.1) is 0 Å². The molecular formula is C17H25N3. The molecule has 1 unspecified atom stereocenters. The van der Waals surface area contributed by atoms with E-state index in [1.54, 1.807) is 0 Å². The highest BCUT2D eigenvalue weighted by Crippen LogP contribution is 2.26. The number of nitrogens with zero attached hydrogens (tertiary/aromatic N) is 2. The van der Waals surface area contributed by atoms with E-state index in [9.17, 15) is 5.26 Å². The first-order valence-corrected chi connectivity index (χ1v) is 7.67. The van der Waals surface area contributed by atoms with Crippen LogP contribution in [0.15, 0.2) is 24.3 Å². The van der Waals surface area contributed by atoms with Crippen LogP contribution in [-0.4, -0.2) is 25.2 Å². The third kappa shape index (κ3) is 3.52. The normalized spacial score (nSPS) is 17.8. The number of hydrogen-bond acceptors (Lipinski definition) is 3. The molecule has 108 valence electrons. The Bertz CT molecular complexity index is 477. The Kier molecular flexibility index (Phi) is 5.03. The van der Waals surface area contributed by atoms with Crippen molar-refractivity contribution in [3.8, 4) is 6.07 Å². The second kappa shape index (κ2) is 6.76. The minimum Gasteiger partial charge on any atom is -0.371 e. The van der Waals surface area contributed by atoms with Crippen molar-refractivity contribution in [3.63, 3.8) is 0 Å². The van der Waals surface area contributed by atoms with Gasteiger partial charge in [-0.25, -0.2) is 0 Å². The second-order valence-electron chi connectivity index (χ2n) is 5.80. The van der Waals surface area contributed by atoms with Crippen molar-refractivity contribution >= 4 is 5.69 Å². The van der Waals surface area contributed by atoms with Gasteiger partial charge in [0.15, 0.2) is 0 Å². The summed E-state index contributed by atoms with van der Waals surface area (Å²) in [4.78, 5) is 2.45. The van der Waals surface area contributed by atoms with Crippen molar-refractivity contribution in [1.82, 2.24) is 5.32 Å². The molecule has 0 spiro atoms. The molecular weight excluding hydrogens is 246 g/mol. The Morgan fingerprint density at radius 1 is 1.35 bits per heavy atom. The highest BCUT2D eigenvalue weighted by molar-refractivity contribution is 5.54. The van der Waals surface area contributed by atoms with Crippen LogP contribution in [0, 0.1) is 11.3 Å². The summed E-state index contributed by atoms with van der Waals surface area (Å²) in [5.41, 5.74) is 2.39. The molecule has 1 atom stereocenters. The molecule has 1 N–H and O–H groups in total. The fourth-order valence-electron chi connectivity index (χ4n) is 2.93. The Balaban J connectivity index is 2.08. The Morgan fingerprint density at radius 3 is 2.90 bits per heavy atom. The quantitative estimate of drug-likeness (QED) is 0.894. The molecule has 1 aromatic carbocycles. The number of para-hydroxylation sites is 1. The molecule has 0 amide bonds. The number of nitriles is 1. The van der Waals surface area contributed by atoms with Gasteiger partial charge >= 0.3 is 0 Å². The molecule has 0 saturated carbocycles. The molecule has 2 rings (SSSR count). The predicted octanol–water partition coefficient (Wildman–Crippen LogP) is 3.11. The molecule has 1 heterocycles. The van der Waals surface area contributed by atoms with Crippen molar-refractivity contribution in [3.05, 3.63) is 29.8 Å². The van der Waals surface area contributed by atoms with Gasteiger partial charge in [-0.05, 0) is 50.8 Å². The zero-order valence-corrected chi connectivity index (χ0v) is 12.7. The molecule has 0 radical (unpaired) electrons. The molecule has 1 aliphatic heterocycles. The molecule has 0 aliphatic carbocycles. The maximum absolute atomic E-state index is 9.37. The summed E-state index contributed by atoms with van der Waals surface area (Å²) in [5, 5.41) is 12.7. The number of benzene rings is 1. The highest BCUT2D eigenvalue weighted by Gasteiger charge is 2.24. The van der Waals surface area contributed by atoms with Gasteiger partial charge in [0.2, 0.25) is 0 Å². The van der Waals surface area contributed by atoms with Crippen molar-refractivity contribution in [2.45, 2.75) is 45.1 Å². The topological polar surface area (TPSA) is 39.1 Å². The summed E-state index contributed by atoms with van der Waals surface area (Å²) in [5.74, 6) is 0. The minimum atomic E-state index is -0.421. The van der Waals surface area contributed by atoms with E-state index in [4.69, 9.17) is 0 Å². The fourth-order valence-corrected chi connectivity index (χ4v) is 2.93. The van der Waals surface area contributed by atoms with Gasteiger partial charge in [-0.3, -0.25) is 5.32 Å². The molecule has 0 fully saturated rings. The van der Waals surface area contributed by atoms with E-state index in [0.29, 0.717) is 0 Å². The lowest BCUT2D eigenvalue weighted by Crippen LogP contribution is -2.44. The lowest BCUT2D eigenvalue weighted by Gasteiger charge is -2.29. The first kappa shape index (κ1) is 14.9. The fraction of sp³-hybridized carbons (Fsp3) is 0.588. The van der Waals surface area contributed by atoms with E-state index < -0.39 is 5.54 Å². The van der Waals surface area contributed by atoms with Crippen LogP contribution in [0.3, 0.4) is 0 Å². The van der Waals surface area contributed by atoms with Gasteiger partial charge in [0.1, 0.15) is 5.54 Å². The molecule has 3 nitrogen and oxygen atoms in total. The van der Waals surface area contributed by atoms with E-state index in [-0.39, 0.29) is 0 Å². The molecule has 3 heteroatoms. The first-order chi connectivity index (χ1) is 9.68. The van der Waals surface area contributed by atoms with Crippen molar-refractivity contribution in [2.75, 3.05) is 24.5 Å². The molecule has 1 aliphatic rings. The van der Waals surface area contributed by atoms with Crippen LogP contribution >= 0.6 is 0 Å². The minimum absolute atomic E-state index is 0.421. The van der Waals surface area contributed by atoms with Gasteiger partial charge in [-0.1, -0.05) is 25.1 Å². The molecule has 0 saturated heterocycles. The summed E-state index contributed by atoms with van der Waals surface area (Å²) < 4.78 is 0. The molecule has 1 aromatic rings. The van der Waals surface area contributed by atoms with Crippen molar-refractivity contribution in [1.29, 1.82) is 5.26 Å². The Morgan fingerprint density at radius 2 is 2.15 bits per heavy atom. The zero-order valence-electron chi connectivity index (χ0n) is 12.7. The van der Waals surface area contributed by atoms with Crippen molar-refractivity contribution in [2.24, 2.45) is 0 Å². The smallest absolute Gasteiger partial charge is 0.105 e. The Labute approximate surface area is 122 Å². The summed E-state index contributed by atoms with van der Waals surface area (Å²) in [6, 6.07) is 11.1. The number of hydrogen-bond donors (Lipinski definition) is 1. The molecule has 20 heavy (non-hydrogen) atoms. The van der Waals surface area contributed by atoms with Crippen LogP contribution in [0.1, 0.15) is 38.7 Å². The second-order valence-corrected chi connectivity index (χ2v) is 5.80. The monoisotopic (exact) mass is 271 g/mol. The highest BCUT2D eigenvalue weighted by atomic mass is 15.1. The third-order valence-corrected chi connectivity index (χ3v) is 4.15.